The Kier molecular flexibility index (Phi) is 7.01. The van der Waals surface area contributed by atoms with Crippen LogP contribution in [0.1, 0.15) is 35.5 Å². The van der Waals surface area contributed by atoms with Crippen LogP contribution in [0.25, 0.3) is 0 Å². The van der Waals surface area contributed by atoms with Crippen molar-refractivity contribution in [3.8, 4) is 0 Å². The zero-order valence-electron chi connectivity index (χ0n) is 17.1. The highest BCUT2D eigenvalue weighted by Gasteiger charge is 2.20. The SMILES string of the molecule is CC(C)CNC(=O)Cc1ccc(N(Cc2ccc(F)cc2)C(=O)c2ccco2)cc1. The monoisotopic (exact) mass is 408 g/mol. The van der Waals surface area contributed by atoms with Crippen LogP contribution in [0.4, 0.5) is 10.1 Å². The van der Waals surface area contributed by atoms with Crippen molar-refractivity contribution < 1.29 is 18.4 Å². The molecule has 5 nitrogen and oxygen atoms in total. The van der Waals surface area contributed by atoms with Gasteiger partial charge in [-0.05, 0) is 53.4 Å². The van der Waals surface area contributed by atoms with E-state index in [1.165, 1.54) is 18.4 Å². The smallest absolute Gasteiger partial charge is 0.294 e. The Bertz CT molecular complexity index is 965. The summed E-state index contributed by atoms with van der Waals surface area (Å²) in [5.41, 5.74) is 2.30. The highest BCUT2D eigenvalue weighted by molar-refractivity contribution is 6.04. The van der Waals surface area contributed by atoms with Gasteiger partial charge >= 0.3 is 0 Å². The van der Waals surface area contributed by atoms with E-state index in [2.05, 4.69) is 5.32 Å². The number of anilines is 1. The molecule has 3 rings (SSSR count). The molecule has 0 fully saturated rings. The van der Waals surface area contributed by atoms with E-state index >= 15 is 0 Å². The quantitative estimate of drug-likeness (QED) is 0.593. The number of amides is 2. The second-order valence-corrected chi connectivity index (χ2v) is 7.54. The normalized spacial score (nSPS) is 10.8. The number of carbonyl (C=O) groups excluding carboxylic acids is 2. The predicted octanol–water partition coefficient (Wildman–Crippen LogP) is 4.58. The Balaban J connectivity index is 1.78. The lowest BCUT2D eigenvalue weighted by Gasteiger charge is -2.22. The number of hydrogen-bond acceptors (Lipinski definition) is 3. The van der Waals surface area contributed by atoms with Gasteiger partial charge in [-0.1, -0.05) is 38.1 Å². The fourth-order valence-electron chi connectivity index (χ4n) is 2.95. The van der Waals surface area contributed by atoms with Crippen molar-refractivity contribution in [2.24, 2.45) is 5.92 Å². The highest BCUT2D eigenvalue weighted by atomic mass is 19.1. The van der Waals surface area contributed by atoms with E-state index in [4.69, 9.17) is 4.42 Å². The maximum Gasteiger partial charge on any atom is 0.294 e. The van der Waals surface area contributed by atoms with Crippen LogP contribution < -0.4 is 10.2 Å². The van der Waals surface area contributed by atoms with Crippen molar-refractivity contribution in [2.45, 2.75) is 26.8 Å². The molecular weight excluding hydrogens is 383 g/mol. The summed E-state index contributed by atoms with van der Waals surface area (Å²) in [6, 6.07) is 16.5. The Morgan fingerprint density at radius 1 is 1.00 bits per heavy atom. The second-order valence-electron chi connectivity index (χ2n) is 7.54. The minimum Gasteiger partial charge on any atom is -0.459 e. The Morgan fingerprint density at radius 3 is 2.27 bits per heavy atom. The van der Waals surface area contributed by atoms with Gasteiger partial charge in [0, 0.05) is 12.2 Å². The van der Waals surface area contributed by atoms with E-state index in [1.807, 2.05) is 26.0 Å². The van der Waals surface area contributed by atoms with E-state index < -0.39 is 0 Å². The number of carbonyl (C=O) groups is 2. The molecule has 1 heterocycles. The maximum atomic E-state index is 13.2. The fourth-order valence-corrected chi connectivity index (χ4v) is 2.95. The average molecular weight is 408 g/mol. The van der Waals surface area contributed by atoms with Crippen LogP contribution >= 0.6 is 0 Å². The lowest BCUT2D eigenvalue weighted by molar-refractivity contribution is -0.120. The zero-order chi connectivity index (χ0) is 21.5. The van der Waals surface area contributed by atoms with Crippen molar-refractivity contribution in [3.63, 3.8) is 0 Å². The second kappa shape index (κ2) is 9.87. The van der Waals surface area contributed by atoms with Crippen molar-refractivity contribution in [3.05, 3.63) is 89.6 Å². The summed E-state index contributed by atoms with van der Waals surface area (Å²) < 4.78 is 18.5. The van der Waals surface area contributed by atoms with Gasteiger partial charge in [0.2, 0.25) is 5.91 Å². The summed E-state index contributed by atoms with van der Waals surface area (Å²) in [7, 11) is 0. The molecule has 2 aromatic carbocycles. The number of nitrogens with zero attached hydrogens (tertiary/aromatic N) is 1. The number of benzene rings is 2. The largest absolute Gasteiger partial charge is 0.459 e. The minimum atomic E-state index is -0.331. The van der Waals surface area contributed by atoms with Gasteiger partial charge in [-0.3, -0.25) is 9.59 Å². The van der Waals surface area contributed by atoms with Gasteiger partial charge < -0.3 is 14.6 Å². The van der Waals surface area contributed by atoms with E-state index in [-0.39, 0.29) is 36.4 Å². The number of furan rings is 1. The molecule has 3 aromatic rings. The zero-order valence-corrected chi connectivity index (χ0v) is 17.1. The molecule has 0 saturated carbocycles. The third-order valence-electron chi connectivity index (χ3n) is 4.55. The summed E-state index contributed by atoms with van der Waals surface area (Å²) in [5, 5.41) is 2.90. The minimum absolute atomic E-state index is 0.0359. The van der Waals surface area contributed by atoms with Gasteiger partial charge in [0.1, 0.15) is 5.82 Å². The van der Waals surface area contributed by atoms with Crippen LogP contribution in [0.15, 0.2) is 71.3 Å². The molecule has 2 amide bonds. The van der Waals surface area contributed by atoms with Gasteiger partial charge in [0.05, 0.1) is 19.2 Å². The number of hydrogen-bond donors (Lipinski definition) is 1. The van der Waals surface area contributed by atoms with Crippen LogP contribution in [0.5, 0.6) is 0 Å². The first-order valence-electron chi connectivity index (χ1n) is 9.88. The van der Waals surface area contributed by atoms with Crippen LogP contribution in [-0.4, -0.2) is 18.4 Å². The Labute approximate surface area is 175 Å². The first-order valence-corrected chi connectivity index (χ1v) is 9.88. The topological polar surface area (TPSA) is 62.6 Å². The standard InChI is InChI=1S/C24H25FN2O3/c1-17(2)15-26-23(28)14-18-7-11-21(12-8-18)27(24(29)22-4-3-13-30-22)16-19-5-9-20(25)10-6-19/h3-13,17H,14-16H2,1-2H3,(H,26,28). The maximum absolute atomic E-state index is 13.2. The summed E-state index contributed by atoms with van der Waals surface area (Å²) >= 11 is 0. The lowest BCUT2D eigenvalue weighted by atomic mass is 10.1. The van der Waals surface area contributed by atoms with Gasteiger partial charge in [-0.25, -0.2) is 4.39 Å². The molecule has 0 aliphatic rings. The molecule has 0 unspecified atom stereocenters. The number of halogens is 1. The molecule has 1 aromatic heterocycles. The first-order chi connectivity index (χ1) is 14.4. The van der Waals surface area contributed by atoms with Crippen LogP contribution in [0.2, 0.25) is 0 Å². The molecule has 0 radical (unpaired) electrons. The number of rotatable bonds is 8. The molecular formula is C24H25FN2O3. The van der Waals surface area contributed by atoms with Gasteiger partial charge in [-0.15, -0.1) is 0 Å². The van der Waals surface area contributed by atoms with Gasteiger partial charge in [0.15, 0.2) is 5.76 Å². The van der Waals surface area contributed by atoms with E-state index in [0.29, 0.717) is 18.2 Å². The van der Waals surface area contributed by atoms with Crippen LogP contribution in [-0.2, 0) is 17.8 Å². The van der Waals surface area contributed by atoms with E-state index in [0.717, 1.165) is 11.1 Å². The molecule has 0 atom stereocenters. The summed E-state index contributed by atoms with van der Waals surface area (Å²) in [6.07, 6.45) is 1.72. The summed E-state index contributed by atoms with van der Waals surface area (Å²) in [4.78, 5) is 26.6. The van der Waals surface area contributed by atoms with Gasteiger partial charge in [-0.2, -0.15) is 0 Å². The van der Waals surface area contributed by atoms with Crippen molar-refractivity contribution in [1.82, 2.24) is 5.32 Å². The molecule has 156 valence electrons. The van der Waals surface area contributed by atoms with Crippen molar-refractivity contribution >= 4 is 17.5 Å². The Hall–Kier alpha value is -3.41. The Morgan fingerprint density at radius 2 is 1.67 bits per heavy atom. The number of nitrogens with one attached hydrogen (secondary N) is 1. The fraction of sp³-hybridized carbons (Fsp3) is 0.250. The van der Waals surface area contributed by atoms with Crippen LogP contribution in [0.3, 0.4) is 0 Å². The molecule has 30 heavy (non-hydrogen) atoms. The molecule has 1 N–H and O–H groups in total. The molecule has 0 saturated heterocycles. The summed E-state index contributed by atoms with van der Waals surface area (Å²) in [6.45, 7) is 4.98. The van der Waals surface area contributed by atoms with Crippen molar-refractivity contribution in [2.75, 3.05) is 11.4 Å². The average Bonchev–Trinajstić information content (AvgIpc) is 3.27. The first kappa shape index (κ1) is 21.3. The van der Waals surface area contributed by atoms with E-state index in [9.17, 15) is 14.0 Å². The van der Waals surface area contributed by atoms with Gasteiger partial charge in [0.25, 0.3) is 5.91 Å². The highest BCUT2D eigenvalue weighted by Crippen LogP contribution is 2.22. The third-order valence-corrected chi connectivity index (χ3v) is 4.55. The lowest BCUT2D eigenvalue weighted by Crippen LogP contribution is -2.30. The molecule has 0 aliphatic carbocycles. The third kappa shape index (κ3) is 5.80. The van der Waals surface area contributed by atoms with Crippen LogP contribution in [0, 0.1) is 11.7 Å². The van der Waals surface area contributed by atoms with E-state index in [1.54, 1.807) is 41.3 Å². The summed E-state index contributed by atoms with van der Waals surface area (Å²) in [5.74, 6) is -0.0565. The molecule has 0 spiro atoms. The predicted molar refractivity (Wildman–Crippen MR) is 114 cm³/mol. The van der Waals surface area contributed by atoms with Crippen molar-refractivity contribution in [1.29, 1.82) is 0 Å². The molecule has 6 heteroatoms. The molecule has 0 aliphatic heterocycles. The molecule has 0 bridgehead atoms.